The Hall–Kier alpha value is -6.79. The van der Waals surface area contributed by atoms with Crippen LogP contribution < -0.4 is 24.7 Å². The average Bonchev–Trinajstić information content (AvgIpc) is 1.63. The maximum atomic E-state index is 13.9. The van der Waals surface area contributed by atoms with Gasteiger partial charge in [-0.05, 0) is 179 Å². The molecule has 478 valence electrons. The number of hydrogen-bond acceptors (Lipinski definition) is 14. The van der Waals surface area contributed by atoms with Crippen molar-refractivity contribution in [3.8, 4) is 22.6 Å². The third-order valence-corrected chi connectivity index (χ3v) is 18.1. The molecule has 5 fully saturated rings. The van der Waals surface area contributed by atoms with Crippen LogP contribution in [0.25, 0.3) is 11.1 Å². The van der Waals surface area contributed by atoms with E-state index in [1.165, 1.54) is 0 Å². The monoisotopic (exact) mass is 1280 g/mol. The minimum atomic E-state index is -0.737. The quantitative estimate of drug-likeness (QED) is 0.0869. The number of rotatable bonds is 14. The van der Waals surface area contributed by atoms with E-state index in [-0.39, 0.29) is 23.1 Å². The van der Waals surface area contributed by atoms with Gasteiger partial charge in [-0.25, -0.2) is 14.4 Å². The fraction of sp³-hybridized carbons (Fsp3) is 0.507. The fourth-order valence-electron chi connectivity index (χ4n) is 12.3. The highest BCUT2D eigenvalue weighted by Gasteiger charge is 2.54. The van der Waals surface area contributed by atoms with Crippen LogP contribution in [0.4, 0.5) is 25.8 Å². The van der Waals surface area contributed by atoms with Gasteiger partial charge < -0.3 is 53.3 Å². The van der Waals surface area contributed by atoms with E-state index in [0.717, 1.165) is 106 Å². The highest BCUT2D eigenvalue weighted by atomic mass is 79.9. The first-order valence-electron chi connectivity index (χ1n) is 30.7. The number of methoxy groups -OCH3 is 2. The number of nitrogens with one attached hydrogen (secondary N) is 1. The molecule has 2 aromatic heterocycles. The zero-order valence-corrected chi connectivity index (χ0v) is 55.7. The number of benzene rings is 4. The molecule has 5 aliphatic rings. The molecule has 0 unspecified atom stereocenters. The van der Waals surface area contributed by atoms with Crippen LogP contribution in [-0.2, 0) is 27.1 Å². The van der Waals surface area contributed by atoms with Crippen molar-refractivity contribution < 1.29 is 48.1 Å². The third-order valence-electron chi connectivity index (χ3n) is 17.6. The van der Waals surface area contributed by atoms with Crippen LogP contribution in [0.1, 0.15) is 113 Å². The van der Waals surface area contributed by atoms with Gasteiger partial charge in [0.25, 0.3) is 0 Å². The Morgan fingerprint density at radius 2 is 1.10 bits per heavy atom. The third kappa shape index (κ3) is 16.2. The number of carbonyl (C=O) groups is 3. The SMILES string of the molecule is CC(C)(C)OC(=O)n1cc(B2OC(C)(C)C(C)(C)O2)cn1.COc1cccc(CN2C(=O)N(c3ccc(-c4cn[nH]c4)cc3)CC23CCN(CC(C)(C)O)CC3)c1.COc1cccc(CN2C(=O)N(c3ccc(Br)cc3)CC23CCN(CC(C)(C)O)CC3)c1. The van der Waals surface area contributed by atoms with Gasteiger partial charge in [-0.1, -0.05) is 52.3 Å². The number of aromatic amines is 1. The van der Waals surface area contributed by atoms with Crippen molar-refractivity contribution in [2.24, 2.45) is 0 Å². The molecule has 5 saturated heterocycles. The molecule has 7 heterocycles. The van der Waals surface area contributed by atoms with E-state index < -0.39 is 41.2 Å². The van der Waals surface area contributed by atoms with Gasteiger partial charge in [0.15, 0.2) is 0 Å². The van der Waals surface area contributed by atoms with Crippen molar-refractivity contribution in [1.82, 2.24) is 39.6 Å². The summed E-state index contributed by atoms with van der Waals surface area (Å²) in [6.07, 6.45) is 9.76. The number of likely N-dealkylation sites (tertiary alicyclic amines) is 2. The van der Waals surface area contributed by atoms with Gasteiger partial charge >= 0.3 is 25.3 Å². The Morgan fingerprint density at radius 1 is 0.652 bits per heavy atom. The van der Waals surface area contributed by atoms with E-state index >= 15 is 0 Å². The zero-order chi connectivity index (χ0) is 64.3. The summed E-state index contributed by atoms with van der Waals surface area (Å²) < 4.78 is 30.1. The second kappa shape index (κ2) is 26.6. The first-order chi connectivity index (χ1) is 41.9. The standard InChI is InChI=1S/C28H35N5O3.C25H32BrN3O3.C14H23BN2O4/c1-27(2,35)19-31-13-11-28(12-14-31)20-32(24-9-7-22(8-10-24)23-16-29-30-17-23)26(34)33(28)18-21-5-4-6-25(15-21)36-3;1-24(2,31)17-27-13-11-25(12-14-27)18-28(21-9-7-20(26)8-10-21)23(30)29(25)16-19-5-4-6-22(15-19)32-3;1-12(2,3)19-11(18)17-9-10(8-16-17)15-20-13(4,5)14(6,7)21-15/h4-10,15-17,35H,11-14,18-20H2,1-3H3,(H,29,30);4-10,15,31H,11-14,16-18H2,1-3H3;8-9H,1-7H3. The van der Waals surface area contributed by atoms with Crippen molar-refractivity contribution in [3.63, 3.8) is 0 Å². The van der Waals surface area contributed by atoms with E-state index in [1.807, 2.05) is 177 Å². The second-order valence-corrected chi connectivity index (χ2v) is 28.5. The predicted octanol–water partition coefficient (Wildman–Crippen LogP) is 10.6. The van der Waals surface area contributed by atoms with Gasteiger partial charge in [-0.2, -0.15) is 14.9 Å². The molecule has 89 heavy (non-hydrogen) atoms. The molecule has 0 aliphatic carbocycles. The maximum Gasteiger partial charge on any atom is 0.498 e. The second-order valence-electron chi connectivity index (χ2n) is 27.5. The number of nitrogens with zero attached hydrogens (tertiary/aromatic N) is 9. The topological polar surface area (TPSA) is 204 Å². The van der Waals surface area contributed by atoms with E-state index in [9.17, 15) is 24.6 Å². The van der Waals surface area contributed by atoms with Crippen molar-refractivity contribution in [3.05, 3.63) is 137 Å². The number of urea groups is 2. The first kappa shape index (κ1) is 66.6. The minimum Gasteiger partial charge on any atom is -0.497 e. The van der Waals surface area contributed by atoms with Crippen LogP contribution in [-0.4, -0.2) is 181 Å². The molecule has 4 amide bonds. The predicted molar refractivity (Wildman–Crippen MR) is 350 cm³/mol. The number of amides is 4. The average molecular weight is 1290 g/mol. The molecule has 6 aromatic rings. The molecule has 3 N–H and O–H groups in total. The van der Waals surface area contributed by atoms with E-state index in [1.54, 1.807) is 32.8 Å². The largest absolute Gasteiger partial charge is 0.498 e. The van der Waals surface area contributed by atoms with Crippen LogP contribution in [0.2, 0.25) is 0 Å². The van der Waals surface area contributed by atoms with Crippen molar-refractivity contribution >= 4 is 58.0 Å². The number of β-amino-alcohol motifs (C(OH)–C–C–N with tert-alkyl or cyclic N) is 2. The number of carbonyl (C=O) groups excluding carboxylic acids is 3. The molecule has 0 radical (unpaired) electrons. The number of H-pyrrole nitrogens is 1. The minimum absolute atomic E-state index is 0.0322. The molecule has 22 heteroatoms. The Bertz CT molecular complexity index is 3350. The molecule has 0 bridgehead atoms. The summed E-state index contributed by atoms with van der Waals surface area (Å²) in [4.78, 5) is 52.1. The number of hydrogen-bond donors (Lipinski definition) is 3. The lowest BCUT2D eigenvalue weighted by Gasteiger charge is -2.44. The number of aliphatic hydroxyl groups is 2. The van der Waals surface area contributed by atoms with Crippen molar-refractivity contribution in [2.75, 3.05) is 76.4 Å². The highest BCUT2D eigenvalue weighted by Crippen LogP contribution is 2.43. The van der Waals surface area contributed by atoms with Crippen LogP contribution in [0.3, 0.4) is 0 Å². The Morgan fingerprint density at radius 3 is 1.51 bits per heavy atom. The van der Waals surface area contributed by atoms with Crippen molar-refractivity contribution in [2.45, 2.75) is 154 Å². The number of piperidine rings is 2. The number of halogens is 1. The molecule has 4 aromatic carbocycles. The first-order valence-corrected chi connectivity index (χ1v) is 31.5. The van der Waals surface area contributed by atoms with Gasteiger partial charge in [0.1, 0.15) is 17.1 Å². The highest BCUT2D eigenvalue weighted by molar-refractivity contribution is 9.10. The number of anilines is 2. The normalized spacial score (nSPS) is 19.1. The lowest BCUT2D eigenvalue weighted by molar-refractivity contribution is 0.00578. The summed E-state index contributed by atoms with van der Waals surface area (Å²) in [5.74, 6) is 1.59. The Labute approximate surface area is 533 Å². The molecule has 5 aliphatic heterocycles. The van der Waals surface area contributed by atoms with E-state index in [4.69, 9.17) is 23.5 Å². The summed E-state index contributed by atoms with van der Waals surface area (Å²) >= 11 is 3.49. The smallest absolute Gasteiger partial charge is 0.497 e. The fourth-order valence-corrected chi connectivity index (χ4v) is 12.6. The summed E-state index contributed by atoms with van der Waals surface area (Å²) in [6, 6.07) is 32.1. The van der Waals surface area contributed by atoms with Crippen LogP contribution in [0.15, 0.2) is 126 Å². The van der Waals surface area contributed by atoms with Crippen LogP contribution >= 0.6 is 15.9 Å². The number of ether oxygens (including phenoxy) is 3. The molecule has 0 atom stereocenters. The van der Waals surface area contributed by atoms with Gasteiger partial charge in [-0.3, -0.25) is 14.9 Å². The summed E-state index contributed by atoms with van der Waals surface area (Å²) in [6.45, 7) is 27.8. The lowest BCUT2D eigenvalue weighted by Crippen LogP contribution is -2.55. The maximum absolute atomic E-state index is 13.9. The molecule has 11 rings (SSSR count). The zero-order valence-electron chi connectivity index (χ0n) is 54.1. The van der Waals surface area contributed by atoms with E-state index in [0.29, 0.717) is 44.7 Å². The Balaban J connectivity index is 0.000000164. The van der Waals surface area contributed by atoms with Gasteiger partial charge in [0.05, 0.1) is 67.0 Å². The molecular weight excluding hydrogens is 1200 g/mol. The molecule has 0 saturated carbocycles. The summed E-state index contributed by atoms with van der Waals surface area (Å²) in [7, 11) is 2.79. The van der Waals surface area contributed by atoms with Crippen LogP contribution in [0.5, 0.6) is 11.5 Å². The van der Waals surface area contributed by atoms with Crippen molar-refractivity contribution in [1.29, 1.82) is 0 Å². The lowest BCUT2D eigenvalue weighted by atomic mass is 9.82. The van der Waals surface area contributed by atoms with Gasteiger partial charge in [0.2, 0.25) is 0 Å². The number of aromatic nitrogens is 4. The molecular formula is C67H90BBrN10O10. The summed E-state index contributed by atoms with van der Waals surface area (Å²) in [5.41, 5.74) is 3.34. The van der Waals surface area contributed by atoms with Gasteiger partial charge in [0, 0.05) is 97.8 Å². The molecule has 2 spiro atoms. The summed E-state index contributed by atoms with van der Waals surface area (Å²) in [5, 5.41) is 31.5. The van der Waals surface area contributed by atoms with Crippen LogP contribution in [0, 0.1) is 0 Å². The van der Waals surface area contributed by atoms with Gasteiger partial charge in [-0.15, -0.1) is 0 Å². The Kier molecular flexibility index (Phi) is 19.9. The van der Waals surface area contributed by atoms with E-state index in [2.05, 4.69) is 63.0 Å². The molecule has 20 nitrogen and oxygen atoms in total.